The van der Waals surface area contributed by atoms with Crippen LogP contribution in [0.2, 0.25) is 0 Å². The van der Waals surface area contributed by atoms with Gasteiger partial charge in [0, 0.05) is 17.4 Å². The van der Waals surface area contributed by atoms with Gasteiger partial charge in [-0.3, -0.25) is 0 Å². The molecule has 0 atom stereocenters. The van der Waals surface area contributed by atoms with E-state index < -0.39 is 0 Å². The van der Waals surface area contributed by atoms with Crippen LogP contribution in [0.15, 0.2) is 0 Å². The van der Waals surface area contributed by atoms with Crippen LogP contribution in [-0.4, -0.2) is 39.0 Å². The third-order valence-electron chi connectivity index (χ3n) is 0.994. The van der Waals surface area contributed by atoms with Crippen LogP contribution in [0, 0.1) is 26.6 Å². The van der Waals surface area contributed by atoms with Crippen LogP contribution in [-0.2, 0) is 36.0 Å². The Morgan fingerprint density at radius 2 is 0.706 bits per heavy atom. The van der Waals surface area contributed by atoms with Gasteiger partial charge in [0.05, 0.1) is 0 Å². The van der Waals surface area contributed by atoms with E-state index in [2.05, 4.69) is 53.3 Å². The number of rotatable bonds is 3. The fourth-order valence-corrected chi connectivity index (χ4v) is 3.60. The van der Waals surface area contributed by atoms with Crippen molar-refractivity contribution in [2.45, 2.75) is 0 Å². The Kier molecular flexibility index (Phi) is 117. The molecule has 17 heavy (non-hydrogen) atoms. The zero-order valence-electron chi connectivity index (χ0n) is 10.3. The molecule has 0 aromatic heterocycles. The van der Waals surface area contributed by atoms with E-state index >= 15 is 0 Å². The minimum absolute atomic E-state index is 0. The van der Waals surface area contributed by atoms with Crippen molar-refractivity contribution < 1.29 is 36.0 Å². The maximum Gasteiger partial charge on any atom is 0 e. The second-order valence-corrected chi connectivity index (χ2v) is 7.82. The molecule has 96 valence electrons. The van der Waals surface area contributed by atoms with Gasteiger partial charge in [0.1, 0.15) is 0 Å². The molecule has 0 heterocycles. The quantitative estimate of drug-likeness (QED) is 0.435. The summed E-state index contributed by atoms with van der Waals surface area (Å²) < 4.78 is 30.0. The molecule has 0 N–H and O–H groups in total. The molecule has 0 rings (SSSR count). The minimum Gasteiger partial charge on any atom is 0 e. The van der Waals surface area contributed by atoms with Crippen LogP contribution in [0.3, 0.4) is 0 Å². The predicted molar refractivity (Wildman–Crippen MR) is 63.0 cm³/mol. The largest absolute Gasteiger partial charge is 0 e. The van der Waals surface area contributed by atoms with Crippen molar-refractivity contribution in [2.24, 2.45) is 0 Å². The molecule has 0 aromatic rings. The van der Waals surface area contributed by atoms with Gasteiger partial charge in [0.15, 0.2) is 0 Å². The molecule has 0 unspecified atom stereocenters. The van der Waals surface area contributed by atoms with E-state index in [1.165, 1.54) is 12.3 Å². The summed E-state index contributed by atoms with van der Waals surface area (Å²) in [5.74, 6) is 0. The van der Waals surface area contributed by atoms with Crippen molar-refractivity contribution in [1.29, 1.82) is 0 Å². The summed E-state index contributed by atoms with van der Waals surface area (Å²) in [7, 11) is 0.766. The van der Waals surface area contributed by atoms with Crippen molar-refractivity contribution in [3.05, 3.63) is 26.6 Å². The van der Waals surface area contributed by atoms with Gasteiger partial charge in [-0.25, -0.2) is 0 Å². The summed E-state index contributed by atoms with van der Waals surface area (Å²) in [5, 5.41) is 0. The monoisotopic (exact) mass is 314 g/mol. The molecule has 0 fully saturated rings. The molecule has 0 saturated carbocycles. The van der Waals surface area contributed by atoms with E-state index in [9.17, 15) is 0 Å². The van der Waals surface area contributed by atoms with Crippen LogP contribution in [0.25, 0.3) is 0 Å². The summed E-state index contributed by atoms with van der Waals surface area (Å²) in [6.45, 7) is 27.4. The molecule has 0 aliphatic rings. The summed E-state index contributed by atoms with van der Waals surface area (Å²) in [6, 6.07) is 0. The van der Waals surface area contributed by atoms with Crippen LogP contribution in [0.5, 0.6) is 0 Å². The first-order valence-corrected chi connectivity index (χ1v) is 8.58. The topological polar surface area (TPSA) is 79.6 Å². The van der Waals surface area contributed by atoms with Gasteiger partial charge >= 0.3 is 45.2 Å². The maximum absolute atomic E-state index is 7.50. The van der Waals surface area contributed by atoms with Crippen LogP contribution < -0.4 is 0 Å². The number of hydrogen-bond donors (Lipinski definition) is 0. The van der Waals surface area contributed by atoms with Gasteiger partial charge in [-0.05, 0) is 39.0 Å². The number of hydrogen-bond acceptors (Lipinski definition) is 0. The fraction of sp³-hybridized carbons (Fsp3) is 0.600. The van der Waals surface area contributed by atoms with E-state index in [-0.39, 0.29) is 17.4 Å². The molecule has 0 aromatic carbocycles. The molecular formula is C10H16CrO4P2. The smallest absolute Gasteiger partial charge is 0 e. The van der Waals surface area contributed by atoms with Crippen LogP contribution in [0.4, 0.5) is 0 Å². The van der Waals surface area contributed by atoms with E-state index in [0.29, 0.717) is 15.8 Å². The minimum atomic E-state index is 0. The molecule has 0 saturated heterocycles. The normalized spacial score (nSPS) is 5.76. The molecule has 0 aliphatic heterocycles. The molecule has 0 bridgehead atoms. The third kappa shape index (κ3) is 118. The summed E-state index contributed by atoms with van der Waals surface area (Å²) in [5.41, 5.74) is 0. The van der Waals surface area contributed by atoms with Crippen molar-refractivity contribution in [1.82, 2.24) is 0 Å². The first-order chi connectivity index (χ1) is 7.63. The van der Waals surface area contributed by atoms with E-state index in [0.717, 1.165) is 0 Å². The molecular weight excluding hydrogens is 298 g/mol. The molecule has 0 spiro atoms. The molecule has 4 nitrogen and oxygen atoms in total. The summed E-state index contributed by atoms with van der Waals surface area (Å²) in [6.07, 6.45) is 2.96. The second-order valence-electron chi connectivity index (χ2n) is 2.61. The maximum atomic E-state index is 7.50. The summed E-state index contributed by atoms with van der Waals surface area (Å²) in [4.78, 5) is 0. The fourth-order valence-electron chi connectivity index (χ4n) is 0.400. The van der Waals surface area contributed by atoms with Crippen molar-refractivity contribution in [2.75, 3.05) is 39.0 Å². The third-order valence-corrected chi connectivity index (χ3v) is 3.58. The second kappa shape index (κ2) is 55.2. The Labute approximate surface area is 117 Å². The van der Waals surface area contributed by atoms with Gasteiger partial charge in [-0.15, -0.1) is 15.8 Å². The molecule has 7 heteroatoms. The van der Waals surface area contributed by atoms with Gasteiger partial charge in [0.25, 0.3) is 0 Å². The predicted octanol–water partition coefficient (Wildman–Crippen LogP) is 2.32. The molecule has 0 amide bonds. The summed E-state index contributed by atoms with van der Waals surface area (Å²) >= 11 is 0. The Balaban J connectivity index is -0.0000000287. The van der Waals surface area contributed by atoms with E-state index in [4.69, 9.17) is 18.6 Å². The van der Waals surface area contributed by atoms with Crippen molar-refractivity contribution in [3.8, 4) is 0 Å². The Hall–Kier alpha value is 0.352. The average molecular weight is 314 g/mol. The Morgan fingerprint density at radius 1 is 0.588 bits per heavy atom. The van der Waals surface area contributed by atoms with Crippen molar-refractivity contribution in [3.63, 3.8) is 0 Å². The SMILES string of the molecule is CP(C)CCP(C)C.[C-]#[O+].[C-]#[O+].[C-]#[O+].[C-]#[O+].[Cr]. The zero-order valence-corrected chi connectivity index (χ0v) is 13.4. The van der Waals surface area contributed by atoms with Crippen molar-refractivity contribution >= 4 is 15.8 Å². The van der Waals surface area contributed by atoms with E-state index in [1.54, 1.807) is 0 Å². The molecule has 0 aliphatic carbocycles. The standard InChI is InChI=1S/C6H16P2.4CO.Cr/c1-7(2)5-6-8(3)4;4*1-2;/h5-6H2,1-4H3;;;;;. The van der Waals surface area contributed by atoms with Crippen LogP contribution >= 0.6 is 15.8 Å². The Morgan fingerprint density at radius 3 is 0.765 bits per heavy atom. The average Bonchev–Trinajstić information content (AvgIpc) is 2.36. The van der Waals surface area contributed by atoms with E-state index in [1.807, 2.05) is 0 Å². The van der Waals surface area contributed by atoms with Crippen LogP contribution in [0.1, 0.15) is 0 Å². The Bertz CT molecular complexity index is 144. The molecule has 0 radical (unpaired) electrons. The van der Waals surface area contributed by atoms with Gasteiger partial charge < -0.3 is 0 Å². The van der Waals surface area contributed by atoms with Gasteiger partial charge in [0.2, 0.25) is 0 Å². The van der Waals surface area contributed by atoms with Gasteiger partial charge in [-0.2, -0.15) is 0 Å². The van der Waals surface area contributed by atoms with Gasteiger partial charge in [-0.1, -0.05) is 0 Å². The first-order valence-electron chi connectivity index (χ1n) is 3.74. The zero-order chi connectivity index (χ0) is 14.6. The first kappa shape index (κ1) is 36.0.